The predicted molar refractivity (Wildman–Crippen MR) is 263 cm³/mol. The third kappa shape index (κ3) is 16.2. The van der Waals surface area contributed by atoms with E-state index in [0.29, 0.717) is 47.2 Å². The molecule has 0 unspecified atom stereocenters. The fourth-order valence-electron chi connectivity index (χ4n) is 7.82. The van der Waals surface area contributed by atoms with Crippen LogP contribution in [-0.2, 0) is 0 Å². The number of phenolic OH excluding ortho intramolecular Hbond substituents is 2. The van der Waals surface area contributed by atoms with Crippen molar-refractivity contribution >= 4 is 23.8 Å². The van der Waals surface area contributed by atoms with Crippen LogP contribution in [0.5, 0.6) is 23.0 Å². The summed E-state index contributed by atoms with van der Waals surface area (Å²) in [5.74, 6) is 1.58. The molecule has 0 amide bonds. The maximum atomic E-state index is 11.4. The number of aliphatic imine (C=N–C) groups is 2. The molecule has 62 heavy (non-hydrogen) atoms. The molecule has 5 aromatic carbocycles. The van der Waals surface area contributed by atoms with Crippen molar-refractivity contribution in [3.8, 4) is 45.3 Å². The minimum absolute atomic E-state index is 0.157. The topological polar surface area (TPSA) is 83.6 Å². The van der Waals surface area contributed by atoms with E-state index < -0.39 is 0 Å². The summed E-state index contributed by atoms with van der Waals surface area (Å²) in [5.41, 5.74) is 5.62. The van der Waals surface area contributed by atoms with Gasteiger partial charge in [-0.15, -0.1) is 0 Å². The number of benzene rings is 5. The molecule has 0 saturated heterocycles. The molecule has 0 heterocycles. The summed E-state index contributed by atoms with van der Waals surface area (Å²) in [5, 5.41) is 22.8. The smallest absolute Gasteiger partial charge is 0.163 e. The quantitative estimate of drug-likeness (QED) is 0.0356. The van der Waals surface area contributed by atoms with Crippen molar-refractivity contribution < 1.29 is 19.7 Å². The second-order valence-corrected chi connectivity index (χ2v) is 16.6. The molecule has 5 aromatic rings. The Balaban J connectivity index is 1.38. The van der Waals surface area contributed by atoms with E-state index in [-0.39, 0.29) is 11.5 Å². The van der Waals surface area contributed by atoms with E-state index >= 15 is 0 Å². The second-order valence-electron chi connectivity index (χ2n) is 16.6. The Morgan fingerprint density at radius 3 is 1.10 bits per heavy atom. The maximum absolute atomic E-state index is 11.4. The van der Waals surface area contributed by atoms with Gasteiger partial charge in [0.1, 0.15) is 11.5 Å². The zero-order valence-corrected chi connectivity index (χ0v) is 37.7. The van der Waals surface area contributed by atoms with Gasteiger partial charge in [0, 0.05) is 46.8 Å². The van der Waals surface area contributed by atoms with Crippen molar-refractivity contribution in [2.24, 2.45) is 9.98 Å². The fraction of sp³-hybridized carbons (Fsp3) is 0.429. The highest BCUT2D eigenvalue weighted by Gasteiger charge is 2.15. The van der Waals surface area contributed by atoms with Crippen LogP contribution in [0.4, 0.5) is 11.4 Å². The van der Waals surface area contributed by atoms with Crippen LogP contribution in [-0.4, -0.2) is 35.9 Å². The van der Waals surface area contributed by atoms with Crippen LogP contribution in [0.15, 0.2) is 119 Å². The molecule has 6 heteroatoms. The van der Waals surface area contributed by atoms with Gasteiger partial charge in [0.2, 0.25) is 0 Å². The number of para-hydroxylation sites is 2. The zero-order valence-electron chi connectivity index (χ0n) is 37.7. The fourth-order valence-corrected chi connectivity index (χ4v) is 7.82. The first-order valence-corrected chi connectivity index (χ1v) is 23.9. The van der Waals surface area contributed by atoms with E-state index in [1.54, 1.807) is 12.4 Å². The van der Waals surface area contributed by atoms with Crippen LogP contribution in [0, 0.1) is 0 Å². The molecule has 0 saturated carbocycles. The largest absolute Gasteiger partial charge is 0.507 e. The number of hydrogen-bond acceptors (Lipinski definition) is 6. The lowest BCUT2D eigenvalue weighted by Crippen LogP contribution is -2.03. The Morgan fingerprint density at radius 1 is 0.403 bits per heavy atom. The minimum Gasteiger partial charge on any atom is -0.507 e. The molecule has 6 nitrogen and oxygen atoms in total. The van der Waals surface area contributed by atoms with Crippen LogP contribution >= 0.6 is 0 Å². The molecule has 0 aliphatic heterocycles. The molecular formula is C56H72N2O4. The van der Waals surface area contributed by atoms with Crippen molar-refractivity contribution in [1.82, 2.24) is 0 Å². The van der Waals surface area contributed by atoms with Crippen molar-refractivity contribution in [3.63, 3.8) is 0 Å². The molecule has 330 valence electrons. The number of nitrogens with zero attached hydrogens (tertiary/aromatic N) is 2. The molecule has 0 atom stereocenters. The molecule has 0 aliphatic rings. The van der Waals surface area contributed by atoms with Crippen molar-refractivity contribution in [2.45, 2.75) is 142 Å². The Bertz CT molecular complexity index is 1910. The molecule has 0 fully saturated rings. The van der Waals surface area contributed by atoms with Gasteiger partial charge in [-0.1, -0.05) is 214 Å². The monoisotopic (exact) mass is 837 g/mol. The van der Waals surface area contributed by atoms with E-state index in [1.165, 1.54) is 103 Å². The zero-order chi connectivity index (χ0) is 43.5. The molecule has 0 radical (unpaired) electrons. The molecule has 0 aromatic heterocycles. The summed E-state index contributed by atoms with van der Waals surface area (Å²) in [4.78, 5) is 9.89. The number of hydrogen-bond donors (Lipinski definition) is 2. The lowest BCUT2D eigenvalue weighted by Gasteiger charge is -2.15. The average Bonchev–Trinajstić information content (AvgIpc) is 3.30. The molecule has 0 spiro atoms. The number of rotatable bonds is 30. The lowest BCUT2D eigenvalue weighted by atomic mass is 10.0. The van der Waals surface area contributed by atoms with Gasteiger partial charge in [0.05, 0.1) is 24.6 Å². The van der Waals surface area contributed by atoms with Gasteiger partial charge < -0.3 is 19.7 Å². The van der Waals surface area contributed by atoms with Gasteiger partial charge in [-0.3, -0.25) is 9.98 Å². The predicted octanol–water partition coefficient (Wildman–Crippen LogP) is 16.5. The Kier molecular flexibility index (Phi) is 21.8. The van der Waals surface area contributed by atoms with E-state index in [1.807, 2.05) is 109 Å². The van der Waals surface area contributed by atoms with E-state index in [4.69, 9.17) is 19.5 Å². The number of unbranched alkanes of at least 4 members (excludes halogenated alkanes) is 18. The standard InChI is InChI=1S/C56H72N2O4/c1-3-5-7-9-11-13-15-17-19-27-39-61-53-41-51(57-43-47-35-29-37-49(55(47)59)45-31-23-21-24-32-45)52(42-54(53)62-40-28-20-18-16-14-12-10-8-6-4-2)58-44-48-36-30-38-50(56(48)60)46-33-25-22-26-34-46/h21-26,29-38,41-44,59-60H,3-20,27-28,39-40H2,1-2H3. The summed E-state index contributed by atoms with van der Waals surface area (Å²) in [6.07, 6.45) is 28.5. The molecule has 0 bridgehead atoms. The normalized spacial score (nSPS) is 11.5. The van der Waals surface area contributed by atoms with Gasteiger partial charge in [-0.25, -0.2) is 0 Å². The van der Waals surface area contributed by atoms with Crippen LogP contribution < -0.4 is 9.47 Å². The Morgan fingerprint density at radius 2 is 0.742 bits per heavy atom. The van der Waals surface area contributed by atoms with Crippen LogP contribution in [0.1, 0.15) is 153 Å². The summed E-state index contributed by atoms with van der Waals surface area (Å²) in [6, 6.07) is 34.9. The third-order valence-electron chi connectivity index (χ3n) is 11.5. The lowest BCUT2D eigenvalue weighted by molar-refractivity contribution is 0.258. The minimum atomic E-state index is 0.157. The van der Waals surface area contributed by atoms with Crippen molar-refractivity contribution in [2.75, 3.05) is 13.2 Å². The van der Waals surface area contributed by atoms with E-state index in [0.717, 1.165) is 47.9 Å². The Hall–Kier alpha value is -5.36. The summed E-state index contributed by atoms with van der Waals surface area (Å²) >= 11 is 0. The van der Waals surface area contributed by atoms with Crippen LogP contribution in [0.3, 0.4) is 0 Å². The average molecular weight is 837 g/mol. The molecule has 5 rings (SSSR count). The summed E-state index contributed by atoms with van der Waals surface area (Å²) < 4.78 is 13.0. The highest BCUT2D eigenvalue weighted by Crippen LogP contribution is 2.41. The Labute approximate surface area is 373 Å². The van der Waals surface area contributed by atoms with Crippen LogP contribution in [0.25, 0.3) is 22.3 Å². The van der Waals surface area contributed by atoms with Crippen molar-refractivity contribution in [3.05, 3.63) is 120 Å². The molecular weight excluding hydrogens is 765 g/mol. The first-order valence-electron chi connectivity index (χ1n) is 23.9. The maximum Gasteiger partial charge on any atom is 0.163 e. The first kappa shape index (κ1) is 47.7. The van der Waals surface area contributed by atoms with Gasteiger partial charge in [0.15, 0.2) is 11.5 Å². The van der Waals surface area contributed by atoms with Gasteiger partial charge in [-0.2, -0.15) is 0 Å². The second kappa shape index (κ2) is 28.3. The molecule has 0 aliphatic carbocycles. The summed E-state index contributed by atoms with van der Waals surface area (Å²) in [7, 11) is 0. The van der Waals surface area contributed by atoms with Gasteiger partial charge >= 0.3 is 0 Å². The third-order valence-corrected chi connectivity index (χ3v) is 11.5. The van der Waals surface area contributed by atoms with Gasteiger partial charge in [-0.05, 0) is 36.1 Å². The highest BCUT2D eigenvalue weighted by molar-refractivity contribution is 5.93. The highest BCUT2D eigenvalue weighted by atomic mass is 16.5. The number of aromatic hydroxyl groups is 2. The first-order chi connectivity index (χ1) is 30.6. The van der Waals surface area contributed by atoms with E-state index in [2.05, 4.69) is 13.8 Å². The summed E-state index contributed by atoms with van der Waals surface area (Å²) in [6.45, 7) is 5.70. The van der Waals surface area contributed by atoms with Crippen LogP contribution in [0.2, 0.25) is 0 Å². The SMILES string of the molecule is CCCCCCCCCCCCOc1cc(N=Cc2cccc(-c3ccccc3)c2O)c(N=Cc2cccc(-c3ccccc3)c2O)cc1OCCCCCCCCCCCC. The van der Waals surface area contributed by atoms with E-state index in [9.17, 15) is 10.2 Å². The molecule has 2 N–H and O–H groups in total. The number of ether oxygens (including phenoxy) is 2. The van der Waals surface area contributed by atoms with Gasteiger partial charge in [0.25, 0.3) is 0 Å². The number of phenols is 2. The van der Waals surface area contributed by atoms with Crippen molar-refractivity contribution in [1.29, 1.82) is 0 Å².